The van der Waals surface area contributed by atoms with Crippen molar-refractivity contribution >= 4 is 11.9 Å². The highest BCUT2D eigenvalue weighted by atomic mass is 16.2. The van der Waals surface area contributed by atoms with Gasteiger partial charge in [-0.25, -0.2) is 4.98 Å². The zero-order chi connectivity index (χ0) is 10.5. The first kappa shape index (κ1) is 10.2. The van der Waals surface area contributed by atoms with E-state index in [-0.39, 0.29) is 11.8 Å². The summed E-state index contributed by atoms with van der Waals surface area (Å²) in [6, 6.07) is 0. The number of carbonyl (C=O) groups is 1. The van der Waals surface area contributed by atoms with E-state index in [1.807, 2.05) is 0 Å². The minimum atomic E-state index is 0.117. The first-order chi connectivity index (χ1) is 7.36. The fraction of sp³-hybridized carbons (Fsp3) is 0.636. The van der Waals surface area contributed by atoms with Gasteiger partial charge in [-0.1, -0.05) is 25.7 Å². The summed E-state index contributed by atoms with van der Waals surface area (Å²) in [5, 5.41) is 2.81. The Morgan fingerprint density at radius 1 is 1.33 bits per heavy atom. The second-order valence-corrected chi connectivity index (χ2v) is 4.12. The van der Waals surface area contributed by atoms with Crippen molar-refractivity contribution in [2.75, 3.05) is 5.32 Å². The van der Waals surface area contributed by atoms with Gasteiger partial charge in [0.05, 0.1) is 0 Å². The van der Waals surface area contributed by atoms with Crippen molar-refractivity contribution in [3.8, 4) is 0 Å². The summed E-state index contributed by atoms with van der Waals surface area (Å²) in [7, 11) is 0. The molecule has 1 saturated carbocycles. The van der Waals surface area contributed by atoms with Gasteiger partial charge in [-0.05, 0) is 12.8 Å². The quantitative estimate of drug-likeness (QED) is 0.731. The van der Waals surface area contributed by atoms with Gasteiger partial charge in [-0.15, -0.1) is 0 Å². The fourth-order valence-corrected chi connectivity index (χ4v) is 2.09. The van der Waals surface area contributed by atoms with Crippen LogP contribution in [0.1, 0.15) is 38.5 Å². The maximum Gasteiger partial charge on any atom is 0.229 e. The lowest BCUT2D eigenvalue weighted by molar-refractivity contribution is -0.120. The van der Waals surface area contributed by atoms with E-state index in [0.29, 0.717) is 5.95 Å². The molecule has 2 N–H and O–H groups in total. The van der Waals surface area contributed by atoms with Crippen molar-refractivity contribution in [1.29, 1.82) is 0 Å². The number of amides is 1. The Bertz CT molecular complexity index is 300. The average molecular weight is 207 g/mol. The molecular formula is C11H17N3O. The van der Waals surface area contributed by atoms with Gasteiger partial charge >= 0.3 is 0 Å². The standard InChI is InChI=1S/C11H17N3O/c15-10(14-11-12-7-8-13-11)9-5-3-1-2-4-6-9/h7-9H,1-6H2,(H2,12,13,14,15). The second kappa shape index (κ2) is 4.96. The highest BCUT2D eigenvalue weighted by molar-refractivity contribution is 5.90. The molecule has 15 heavy (non-hydrogen) atoms. The van der Waals surface area contributed by atoms with Gasteiger partial charge < -0.3 is 4.98 Å². The van der Waals surface area contributed by atoms with Crippen LogP contribution in [0, 0.1) is 5.92 Å². The Morgan fingerprint density at radius 2 is 2.07 bits per heavy atom. The summed E-state index contributed by atoms with van der Waals surface area (Å²) in [5.41, 5.74) is 0. The van der Waals surface area contributed by atoms with Crippen LogP contribution in [-0.4, -0.2) is 15.9 Å². The molecule has 0 atom stereocenters. The van der Waals surface area contributed by atoms with E-state index < -0.39 is 0 Å². The van der Waals surface area contributed by atoms with Crippen LogP contribution in [0.25, 0.3) is 0 Å². The predicted molar refractivity (Wildman–Crippen MR) is 58.4 cm³/mol. The van der Waals surface area contributed by atoms with E-state index in [2.05, 4.69) is 15.3 Å². The van der Waals surface area contributed by atoms with Gasteiger partial charge in [-0.2, -0.15) is 0 Å². The van der Waals surface area contributed by atoms with Crippen molar-refractivity contribution in [2.45, 2.75) is 38.5 Å². The first-order valence-electron chi connectivity index (χ1n) is 5.66. The van der Waals surface area contributed by atoms with Gasteiger partial charge in [0.15, 0.2) is 0 Å². The van der Waals surface area contributed by atoms with Crippen LogP contribution < -0.4 is 5.32 Å². The Kier molecular flexibility index (Phi) is 3.37. The highest BCUT2D eigenvalue weighted by Gasteiger charge is 2.20. The van der Waals surface area contributed by atoms with Gasteiger partial charge in [0, 0.05) is 18.3 Å². The first-order valence-corrected chi connectivity index (χ1v) is 5.66. The summed E-state index contributed by atoms with van der Waals surface area (Å²) in [6.45, 7) is 0. The van der Waals surface area contributed by atoms with Crippen LogP contribution in [0.15, 0.2) is 12.4 Å². The normalized spacial score (nSPS) is 18.4. The number of imidazole rings is 1. The molecule has 0 bridgehead atoms. The Labute approximate surface area is 89.5 Å². The third-order valence-corrected chi connectivity index (χ3v) is 2.97. The molecule has 4 heteroatoms. The van der Waals surface area contributed by atoms with Crippen LogP contribution in [0.4, 0.5) is 5.95 Å². The Hall–Kier alpha value is -1.32. The van der Waals surface area contributed by atoms with Crippen LogP contribution in [0.2, 0.25) is 0 Å². The van der Waals surface area contributed by atoms with Gasteiger partial charge in [-0.3, -0.25) is 10.1 Å². The molecule has 0 aromatic carbocycles. The second-order valence-electron chi connectivity index (χ2n) is 4.12. The zero-order valence-corrected chi connectivity index (χ0v) is 8.83. The topological polar surface area (TPSA) is 57.8 Å². The SMILES string of the molecule is O=C(Nc1ncc[nH]1)C1CCCCCC1. The lowest BCUT2D eigenvalue weighted by Crippen LogP contribution is -2.22. The number of H-pyrrole nitrogens is 1. The molecule has 1 aromatic rings. The van der Waals surface area contributed by atoms with Crippen molar-refractivity contribution in [2.24, 2.45) is 5.92 Å². The third-order valence-electron chi connectivity index (χ3n) is 2.97. The predicted octanol–water partition coefficient (Wildman–Crippen LogP) is 2.32. The van der Waals surface area contributed by atoms with Crippen LogP contribution >= 0.6 is 0 Å². The molecule has 0 saturated heterocycles. The van der Waals surface area contributed by atoms with Gasteiger partial charge in [0.2, 0.25) is 11.9 Å². The average Bonchev–Trinajstić information content (AvgIpc) is 2.58. The van der Waals surface area contributed by atoms with E-state index >= 15 is 0 Å². The molecule has 0 aliphatic heterocycles. The van der Waals surface area contributed by atoms with Crippen LogP contribution in [0.3, 0.4) is 0 Å². The monoisotopic (exact) mass is 207 g/mol. The molecule has 1 amide bonds. The minimum absolute atomic E-state index is 0.117. The largest absolute Gasteiger partial charge is 0.331 e. The maximum absolute atomic E-state index is 11.8. The van der Waals surface area contributed by atoms with E-state index in [9.17, 15) is 4.79 Å². The lowest BCUT2D eigenvalue weighted by Gasteiger charge is -2.12. The van der Waals surface area contributed by atoms with Crippen LogP contribution in [0.5, 0.6) is 0 Å². The lowest BCUT2D eigenvalue weighted by atomic mass is 10.00. The number of nitrogens with one attached hydrogen (secondary N) is 2. The summed E-state index contributed by atoms with van der Waals surface area (Å²) in [4.78, 5) is 18.7. The number of aromatic nitrogens is 2. The molecule has 1 fully saturated rings. The number of aromatic amines is 1. The number of carbonyl (C=O) groups excluding carboxylic acids is 1. The van der Waals surface area contributed by atoms with Gasteiger partial charge in [0.1, 0.15) is 0 Å². The van der Waals surface area contributed by atoms with Crippen molar-refractivity contribution in [3.05, 3.63) is 12.4 Å². The summed E-state index contributed by atoms with van der Waals surface area (Å²) in [6.07, 6.45) is 10.3. The smallest absolute Gasteiger partial charge is 0.229 e. The zero-order valence-electron chi connectivity index (χ0n) is 8.83. The minimum Gasteiger partial charge on any atom is -0.331 e. The van der Waals surface area contributed by atoms with Crippen LogP contribution in [-0.2, 0) is 4.79 Å². The van der Waals surface area contributed by atoms with Crippen molar-refractivity contribution < 1.29 is 4.79 Å². The molecule has 0 unspecified atom stereocenters. The highest BCUT2D eigenvalue weighted by Crippen LogP contribution is 2.23. The molecule has 2 rings (SSSR count). The molecule has 1 heterocycles. The summed E-state index contributed by atoms with van der Waals surface area (Å²) >= 11 is 0. The van der Waals surface area contributed by atoms with E-state index in [4.69, 9.17) is 0 Å². The molecule has 1 aromatic heterocycles. The fourth-order valence-electron chi connectivity index (χ4n) is 2.09. The molecule has 0 radical (unpaired) electrons. The molecule has 0 spiro atoms. The van der Waals surface area contributed by atoms with E-state index in [1.54, 1.807) is 12.4 Å². The summed E-state index contributed by atoms with van der Waals surface area (Å²) in [5.74, 6) is 0.855. The number of rotatable bonds is 2. The van der Waals surface area contributed by atoms with Crippen molar-refractivity contribution in [3.63, 3.8) is 0 Å². The molecule has 1 aliphatic carbocycles. The Balaban J connectivity index is 1.89. The number of anilines is 1. The molecule has 1 aliphatic rings. The van der Waals surface area contributed by atoms with E-state index in [1.165, 1.54) is 25.7 Å². The van der Waals surface area contributed by atoms with E-state index in [0.717, 1.165) is 12.8 Å². The number of hydrogen-bond acceptors (Lipinski definition) is 2. The molecule has 82 valence electrons. The summed E-state index contributed by atoms with van der Waals surface area (Å²) < 4.78 is 0. The van der Waals surface area contributed by atoms with Crippen molar-refractivity contribution in [1.82, 2.24) is 9.97 Å². The maximum atomic E-state index is 11.8. The number of hydrogen-bond donors (Lipinski definition) is 2. The third kappa shape index (κ3) is 2.81. The Morgan fingerprint density at radius 3 is 2.67 bits per heavy atom. The van der Waals surface area contributed by atoms with Gasteiger partial charge in [0.25, 0.3) is 0 Å². The molecule has 4 nitrogen and oxygen atoms in total. The molecular weight excluding hydrogens is 190 g/mol. The number of nitrogens with zero attached hydrogens (tertiary/aromatic N) is 1.